The van der Waals surface area contributed by atoms with Gasteiger partial charge in [-0.1, -0.05) is 0 Å². The Morgan fingerprint density at radius 3 is 3.21 bits per heavy atom. The van der Waals surface area contributed by atoms with E-state index >= 15 is 0 Å². The molecule has 0 aromatic carbocycles. The van der Waals surface area contributed by atoms with E-state index < -0.39 is 0 Å². The van der Waals surface area contributed by atoms with Gasteiger partial charge < -0.3 is 20.5 Å². The monoisotopic (exact) mass is 215 g/mol. The standard InChI is InChI=1S/C8H13N3O2S/c1-12-6-7(9)11-14-8(6)10-5-2-3-13-4-5/h5,10H,2-4H2,1H3,(H2,9,11). The van der Waals surface area contributed by atoms with Crippen LogP contribution in [0.4, 0.5) is 10.8 Å². The summed E-state index contributed by atoms with van der Waals surface area (Å²) in [5, 5.41) is 4.20. The molecule has 0 spiro atoms. The van der Waals surface area contributed by atoms with Crippen LogP contribution in [0.15, 0.2) is 0 Å². The Hall–Kier alpha value is -1.01. The molecule has 1 unspecified atom stereocenters. The molecule has 1 fully saturated rings. The third-order valence-corrected chi connectivity index (χ3v) is 2.92. The zero-order valence-corrected chi connectivity index (χ0v) is 8.76. The SMILES string of the molecule is COc1c(N)nsc1NC1CCOC1. The van der Waals surface area contributed by atoms with Crippen molar-refractivity contribution in [1.29, 1.82) is 0 Å². The summed E-state index contributed by atoms with van der Waals surface area (Å²) >= 11 is 1.32. The molecule has 1 aliphatic heterocycles. The highest BCUT2D eigenvalue weighted by Gasteiger charge is 2.19. The Bertz CT molecular complexity index is 310. The fraction of sp³-hybridized carbons (Fsp3) is 0.625. The van der Waals surface area contributed by atoms with Gasteiger partial charge >= 0.3 is 0 Å². The Balaban J connectivity index is 2.07. The molecule has 14 heavy (non-hydrogen) atoms. The molecular weight excluding hydrogens is 202 g/mol. The van der Waals surface area contributed by atoms with Crippen LogP contribution in [0.2, 0.25) is 0 Å². The average Bonchev–Trinajstić information content (AvgIpc) is 2.77. The van der Waals surface area contributed by atoms with Gasteiger partial charge in [0.25, 0.3) is 0 Å². The summed E-state index contributed by atoms with van der Waals surface area (Å²) in [6, 6.07) is 0.351. The maximum absolute atomic E-state index is 5.63. The van der Waals surface area contributed by atoms with Gasteiger partial charge in [-0.25, -0.2) is 0 Å². The predicted molar refractivity (Wildman–Crippen MR) is 55.9 cm³/mol. The second kappa shape index (κ2) is 4.02. The average molecular weight is 215 g/mol. The number of rotatable bonds is 3. The molecule has 78 valence electrons. The minimum Gasteiger partial charge on any atom is -0.490 e. The molecule has 5 nitrogen and oxygen atoms in total. The quantitative estimate of drug-likeness (QED) is 0.785. The molecule has 0 amide bonds. The van der Waals surface area contributed by atoms with Crippen molar-refractivity contribution in [2.45, 2.75) is 12.5 Å². The molecule has 1 aromatic heterocycles. The first-order valence-corrected chi connectivity index (χ1v) is 5.22. The molecule has 0 radical (unpaired) electrons. The normalized spacial score (nSPS) is 21.1. The highest BCUT2D eigenvalue weighted by atomic mass is 32.1. The van der Waals surface area contributed by atoms with Gasteiger partial charge in [-0.05, 0) is 18.0 Å². The van der Waals surface area contributed by atoms with Gasteiger partial charge in [0, 0.05) is 6.61 Å². The summed E-state index contributed by atoms with van der Waals surface area (Å²) in [7, 11) is 1.59. The van der Waals surface area contributed by atoms with Crippen LogP contribution in [-0.4, -0.2) is 30.7 Å². The van der Waals surface area contributed by atoms with Gasteiger partial charge in [0.15, 0.2) is 16.6 Å². The second-order valence-corrected chi connectivity index (χ2v) is 3.91. The van der Waals surface area contributed by atoms with Gasteiger partial charge in [-0.15, -0.1) is 0 Å². The highest BCUT2D eigenvalue weighted by molar-refractivity contribution is 7.11. The van der Waals surface area contributed by atoms with Gasteiger partial charge in [-0.2, -0.15) is 4.37 Å². The van der Waals surface area contributed by atoms with Crippen molar-refractivity contribution >= 4 is 22.4 Å². The Kier molecular flexibility index (Phi) is 2.74. The molecule has 1 atom stereocenters. The van der Waals surface area contributed by atoms with E-state index in [9.17, 15) is 0 Å². The van der Waals surface area contributed by atoms with E-state index in [2.05, 4.69) is 9.69 Å². The van der Waals surface area contributed by atoms with Crippen LogP contribution in [0.1, 0.15) is 6.42 Å². The Labute approximate surface area is 86.4 Å². The number of hydrogen-bond donors (Lipinski definition) is 2. The zero-order valence-electron chi connectivity index (χ0n) is 7.95. The van der Waals surface area contributed by atoms with Crippen molar-refractivity contribution < 1.29 is 9.47 Å². The number of nitrogens with two attached hydrogens (primary N) is 1. The van der Waals surface area contributed by atoms with Crippen LogP contribution in [0, 0.1) is 0 Å². The van der Waals surface area contributed by atoms with Crippen LogP contribution in [0.5, 0.6) is 5.75 Å². The van der Waals surface area contributed by atoms with Crippen molar-refractivity contribution in [2.24, 2.45) is 0 Å². The van der Waals surface area contributed by atoms with Gasteiger partial charge in [0.1, 0.15) is 0 Å². The highest BCUT2D eigenvalue weighted by Crippen LogP contribution is 2.35. The number of aromatic nitrogens is 1. The molecule has 6 heteroatoms. The van der Waals surface area contributed by atoms with Gasteiger partial charge in [-0.3, -0.25) is 0 Å². The number of anilines is 2. The van der Waals surface area contributed by atoms with Crippen LogP contribution in [0.3, 0.4) is 0 Å². The van der Waals surface area contributed by atoms with Crippen LogP contribution < -0.4 is 15.8 Å². The number of nitrogens with one attached hydrogen (secondary N) is 1. The maximum atomic E-state index is 5.63. The predicted octanol–water partition coefficient (Wildman–Crippen LogP) is 0.935. The van der Waals surface area contributed by atoms with Crippen molar-refractivity contribution in [1.82, 2.24) is 4.37 Å². The summed E-state index contributed by atoms with van der Waals surface area (Å²) < 4.78 is 14.4. The molecule has 0 saturated carbocycles. The largest absolute Gasteiger partial charge is 0.490 e. The Morgan fingerprint density at radius 1 is 1.71 bits per heavy atom. The lowest BCUT2D eigenvalue weighted by atomic mass is 10.3. The fourth-order valence-corrected chi connectivity index (χ4v) is 2.18. The smallest absolute Gasteiger partial charge is 0.197 e. The summed E-state index contributed by atoms with van der Waals surface area (Å²) in [6.07, 6.45) is 1.01. The first kappa shape index (κ1) is 9.54. The molecule has 0 aliphatic carbocycles. The van der Waals surface area contributed by atoms with Gasteiger partial charge in [0.2, 0.25) is 0 Å². The molecule has 0 bridgehead atoms. The number of nitrogens with zero attached hydrogens (tertiary/aromatic N) is 1. The van der Waals surface area contributed by atoms with Crippen LogP contribution in [-0.2, 0) is 4.74 Å². The van der Waals surface area contributed by atoms with E-state index in [0.717, 1.165) is 24.6 Å². The number of nitrogen functional groups attached to an aromatic ring is 1. The minimum absolute atomic E-state index is 0.351. The molecule has 2 rings (SSSR count). The van der Waals surface area contributed by atoms with Crippen molar-refractivity contribution in [3.8, 4) is 5.75 Å². The lowest BCUT2D eigenvalue weighted by Crippen LogP contribution is -2.18. The molecule has 1 saturated heterocycles. The molecular formula is C8H13N3O2S. The van der Waals surface area contributed by atoms with Crippen LogP contribution in [0.25, 0.3) is 0 Å². The van der Waals surface area contributed by atoms with E-state index in [1.54, 1.807) is 7.11 Å². The molecule has 1 aliphatic rings. The molecule has 3 N–H and O–H groups in total. The van der Waals surface area contributed by atoms with Crippen LogP contribution >= 0.6 is 11.5 Å². The van der Waals surface area contributed by atoms with Crippen molar-refractivity contribution in [3.63, 3.8) is 0 Å². The first-order valence-electron chi connectivity index (χ1n) is 4.44. The topological polar surface area (TPSA) is 69.4 Å². The lowest BCUT2D eigenvalue weighted by Gasteiger charge is -2.10. The fourth-order valence-electron chi connectivity index (χ4n) is 1.42. The minimum atomic E-state index is 0.351. The zero-order chi connectivity index (χ0) is 9.97. The number of hydrogen-bond acceptors (Lipinski definition) is 6. The number of ether oxygens (including phenoxy) is 2. The summed E-state index contributed by atoms with van der Waals surface area (Å²) in [5.41, 5.74) is 5.63. The van der Waals surface area contributed by atoms with Gasteiger partial charge in [0.05, 0.1) is 19.8 Å². The summed E-state index contributed by atoms with van der Waals surface area (Å²) in [5.74, 6) is 1.08. The van der Waals surface area contributed by atoms with E-state index in [-0.39, 0.29) is 0 Å². The second-order valence-electron chi connectivity index (χ2n) is 3.14. The van der Waals surface area contributed by atoms with E-state index in [0.29, 0.717) is 17.6 Å². The third kappa shape index (κ3) is 1.76. The van der Waals surface area contributed by atoms with E-state index in [1.807, 2.05) is 0 Å². The molecule has 2 heterocycles. The van der Waals surface area contributed by atoms with Crippen molar-refractivity contribution in [3.05, 3.63) is 0 Å². The number of methoxy groups -OCH3 is 1. The van der Waals surface area contributed by atoms with E-state index in [4.69, 9.17) is 15.2 Å². The van der Waals surface area contributed by atoms with E-state index in [1.165, 1.54) is 11.5 Å². The third-order valence-electron chi connectivity index (χ3n) is 2.14. The Morgan fingerprint density at radius 2 is 2.57 bits per heavy atom. The summed E-state index contributed by atoms with van der Waals surface area (Å²) in [4.78, 5) is 0. The lowest BCUT2D eigenvalue weighted by molar-refractivity contribution is 0.195. The molecule has 1 aromatic rings. The summed E-state index contributed by atoms with van der Waals surface area (Å²) in [6.45, 7) is 1.55. The first-order chi connectivity index (χ1) is 6.81. The van der Waals surface area contributed by atoms with Crippen molar-refractivity contribution in [2.75, 3.05) is 31.4 Å². The maximum Gasteiger partial charge on any atom is 0.197 e.